The summed E-state index contributed by atoms with van der Waals surface area (Å²) in [7, 11) is 5.48. The van der Waals surface area contributed by atoms with E-state index in [4.69, 9.17) is 0 Å². The second-order valence-electron chi connectivity index (χ2n) is 10.3. The summed E-state index contributed by atoms with van der Waals surface area (Å²) in [5.74, 6) is 6.88. The summed E-state index contributed by atoms with van der Waals surface area (Å²) in [6.45, 7) is 5.25. The van der Waals surface area contributed by atoms with Crippen LogP contribution in [0.4, 0.5) is 21.8 Å². The van der Waals surface area contributed by atoms with Crippen molar-refractivity contribution < 1.29 is 14.0 Å². The number of halogens is 1. The van der Waals surface area contributed by atoms with Crippen molar-refractivity contribution in [3.8, 4) is 11.8 Å². The molecule has 0 saturated heterocycles. The molecule has 1 saturated carbocycles. The summed E-state index contributed by atoms with van der Waals surface area (Å²) in [6.07, 6.45) is 8.45. The molecule has 1 aliphatic rings. The number of anilines is 3. The van der Waals surface area contributed by atoms with Gasteiger partial charge in [-0.05, 0) is 58.5 Å². The first-order chi connectivity index (χ1) is 19.2. The van der Waals surface area contributed by atoms with Crippen LogP contribution in [-0.2, 0) is 9.59 Å². The van der Waals surface area contributed by atoms with Crippen molar-refractivity contribution in [2.45, 2.75) is 51.6 Å². The third kappa shape index (κ3) is 9.35. The number of hydrogen-bond donors (Lipinski definition) is 3. The lowest BCUT2D eigenvalue weighted by atomic mass is 9.80. The molecule has 9 nitrogen and oxygen atoms in total. The van der Waals surface area contributed by atoms with Crippen molar-refractivity contribution in [1.29, 1.82) is 0 Å². The number of likely N-dealkylation sites (N-methyl/N-ethyl adjacent to an activating group) is 2. The molecule has 214 valence electrons. The Kier molecular flexibility index (Phi) is 11.5. The Morgan fingerprint density at radius 2 is 2.02 bits per heavy atom. The number of carbonyl (C=O) groups is 2. The molecular formula is C30H40FN7O2. The lowest BCUT2D eigenvalue weighted by Crippen LogP contribution is -2.51. The molecular weight excluding hydrogens is 509 g/mol. The standard InChI is InChI=1S/C30H40FN7O2/c1-6-7-15-32-28-23(20-33-30(36-28)35-25-11-8-10-24(31)19-25)14-13-22-17-26(18-22)34-29(40)21(2)38(5)27(39)12-9-16-37(3)4/h8-12,19-22,26H,6-7,15-18H2,1-5H3,(H,34,40)(H2,32,33,35,36). The molecule has 1 aliphatic carbocycles. The molecule has 10 heteroatoms. The van der Waals surface area contributed by atoms with E-state index in [2.05, 4.69) is 44.7 Å². The summed E-state index contributed by atoms with van der Waals surface area (Å²) in [5.41, 5.74) is 1.25. The maximum atomic E-state index is 13.5. The van der Waals surface area contributed by atoms with Crippen LogP contribution < -0.4 is 16.0 Å². The van der Waals surface area contributed by atoms with Crippen LogP contribution >= 0.6 is 0 Å². The van der Waals surface area contributed by atoms with Gasteiger partial charge in [0.15, 0.2) is 0 Å². The summed E-state index contributed by atoms with van der Waals surface area (Å²) in [5, 5.41) is 9.39. The van der Waals surface area contributed by atoms with Crippen molar-refractivity contribution in [3.05, 3.63) is 54.0 Å². The van der Waals surface area contributed by atoms with E-state index in [1.54, 1.807) is 38.4 Å². The van der Waals surface area contributed by atoms with Gasteiger partial charge in [-0.1, -0.05) is 37.3 Å². The highest BCUT2D eigenvalue weighted by Gasteiger charge is 2.31. The van der Waals surface area contributed by atoms with Crippen molar-refractivity contribution in [2.75, 3.05) is 44.9 Å². The fraction of sp³-hybridized carbons (Fsp3) is 0.467. The monoisotopic (exact) mass is 549 g/mol. The molecule has 0 bridgehead atoms. The highest BCUT2D eigenvalue weighted by atomic mass is 19.1. The maximum absolute atomic E-state index is 13.5. The Balaban J connectivity index is 1.55. The van der Waals surface area contributed by atoms with E-state index in [1.165, 1.54) is 23.1 Å². The van der Waals surface area contributed by atoms with Crippen LogP contribution in [0.1, 0.15) is 45.1 Å². The summed E-state index contributed by atoms with van der Waals surface area (Å²) in [6, 6.07) is 5.58. The first-order valence-corrected chi connectivity index (χ1v) is 13.7. The van der Waals surface area contributed by atoms with Gasteiger partial charge >= 0.3 is 0 Å². The number of amides is 2. The minimum absolute atomic E-state index is 0.0262. The van der Waals surface area contributed by atoms with E-state index in [9.17, 15) is 14.0 Å². The average Bonchev–Trinajstić information content (AvgIpc) is 2.89. The zero-order valence-electron chi connectivity index (χ0n) is 24.0. The van der Waals surface area contributed by atoms with Crippen molar-refractivity contribution >= 4 is 29.3 Å². The number of carbonyl (C=O) groups excluding carboxylic acids is 2. The second kappa shape index (κ2) is 15.0. The van der Waals surface area contributed by atoms with Gasteiger partial charge in [-0.25, -0.2) is 9.37 Å². The molecule has 0 aliphatic heterocycles. The predicted molar refractivity (Wildman–Crippen MR) is 157 cm³/mol. The van der Waals surface area contributed by atoms with Crippen LogP contribution in [0.3, 0.4) is 0 Å². The average molecular weight is 550 g/mol. The Labute approximate surface area is 236 Å². The molecule has 40 heavy (non-hydrogen) atoms. The molecule has 1 aromatic carbocycles. The number of nitrogens with zero attached hydrogens (tertiary/aromatic N) is 4. The van der Waals surface area contributed by atoms with Crippen LogP contribution in [0.5, 0.6) is 0 Å². The Morgan fingerprint density at radius 1 is 1.25 bits per heavy atom. The quantitative estimate of drug-likeness (QED) is 0.210. The first-order valence-electron chi connectivity index (χ1n) is 13.7. The number of aromatic nitrogens is 2. The van der Waals surface area contributed by atoms with Gasteiger partial charge in [0.2, 0.25) is 17.8 Å². The highest BCUT2D eigenvalue weighted by Crippen LogP contribution is 2.27. The second-order valence-corrected chi connectivity index (χ2v) is 10.3. The lowest BCUT2D eigenvalue weighted by molar-refractivity contribution is -0.135. The molecule has 0 spiro atoms. The van der Waals surface area contributed by atoms with Crippen LogP contribution in [0.15, 0.2) is 42.6 Å². The first kappa shape index (κ1) is 30.6. The molecule has 1 fully saturated rings. The van der Waals surface area contributed by atoms with Crippen molar-refractivity contribution in [1.82, 2.24) is 25.1 Å². The molecule has 1 atom stereocenters. The molecule has 3 N–H and O–H groups in total. The van der Waals surface area contributed by atoms with Crippen LogP contribution in [0.2, 0.25) is 0 Å². The van der Waals surface area contributed by atoms with E-state index in [0.717, 1.165) is 32.2 Å². The van der Waals surface area contributed by atoms with E-state index in [-0.39, 0.29) is 29.6 Å². The van der Waals surface area contributed by atoms with E-state index in [0.29, 0.717) is 29.6 Å². The fourth-order valence-electron chi connectivity index (χ4n) is 3.95. The largest absolute Gasteiger partial charge is 0.369 e. The molecule has 1 aromatic heterocycles. The van der Waals surface area contributed by atoms with Gasteiger partial charge in [0, 0.05) is 43.9 Å². The lowest BCUT2D eigenvalue weighted by Gasteiger charge is -2.34. The number of rotatable bonds is 12. The summed E-state index contributed by atoms with van der Waals surface area (Å²) < 4.78 is 13.5. The van der Waals surface area contributed by atoms with Crippen LogP contribution in [0, 0.1) is 23.6 Å². The molecule has 0 radical (unpaired) electrons. The Morgan fingerprint density at radius 3 is 2.73 bits per heavy atom. The SMILES string of the molecule is CCCCNc1nc(Nc2cccc(F)c2)ncc1C#CC1CC(NC(=O)C(C)N(C)C(=O)C=CCN(C)C)C1. The predicted octanol–water partition coefficient (Wildman–Crippen LogP) is 3.78. The van der Waals surface area contributed by atoms with Gasteiger partial charge in [0.05, 0.1) is 11.8 Å². The molecule has 1 unspecified atom stereocenters. The van der Waals surface area contributed by atoms with Crippen LogP contribution in [0.25, 0.3) is 0 Å². The zero-order chi connectivity index (χ0) is 29.1. The maximum Gasteiger partial charge on any atom is 0.246 e. The van der Waals surface area contributed by atoms with Gasteiger partial charge in [-0.15, -0.1) is 0 Å². The minimum Gasteiger partial charge on any atom is -0.369 e. The zero-order valence-corrected chi connectivity index (χ0v) is 24.0. The molecule has 3 rings (SSSR count). The molecule has 1 heterocycles. The highest BCUT2D eigenvalue weighted by molar-refractivity contribution is 5.92. The van der Waals surface area contributed by atoms with E-state index < -0.39 is 6.04 Å². The minimum atomic E-state index is -0.574. The van der Waals surface area contributed by atoms with Gasteiger partial charge in [-0.3, -0.25) is 9.59 Å². The number of benzene rings is 1. The smallest absolute Gasteiger partial charge is 0.246 e. The van der Waals surface area contributed by atoms with Crippen molar-refractivity contribution in [3.63, 3.8) is 0 Å². The van der Waals surface area contributed by atoms with Gasteiger partial charge in [-0.2, -0.15) is 4.98 Å². The van der Waals surface area contributed by atoms with Crippen molar-refractivity contribution in [2.24, 2.45) is 5.92 Å². The van der Waals surface area contributed by atoms with E-state index in [1.807, 2.05) is 19.0 Å². The molecule has 2 amide bonds. The third-order valence-electron chi connectivity index (χ3n) is 6.63. The van der Waals surface area contributed by atoms with Gasteiger partial charge < -0.3 is 25.8 Å². The number of unbranched alkanes of at least 4 members (excludes halogenated alkanes) is 1. The number of nitrogens with one attached hydrogen (secondary N) is 3. The van der Waals surface area contributed by atoms with Crippen LogP contribution in [-0.4, -0.2) is 77.9 Å². The Hall–Kier alpha value is -3.97. The third-order valence-corrected chi connectivity index (χ3v) is 6.63. The van der Waals surface area contributed by atoms with Gasteiger partial charge in [0.25, 0.3) is 0 Å². The van der Waals surface area contributed by atoms with Gasteiger partial charge in [0.1, 0.15) is 17.7 Å². The summed E-state index contributed by atoms with van der Waals surface area (Å²) in [4.78, 5) is 37.3. The fourth-order valence-corrected chi connectivity index (χ4v) is 3.95. The van der Waals surface area contributed by atoms with E-state index >= 15 is 0 Å². The normalized spacial score (nSPS) is 17.0. The topological polar surface area (TPSA) is 102 Å². The Bertz CT molecular complexity index is 1250. The summed E-state index contributed by atoms with van der Waals surface area (Å²) >= 11 is 0. The molecule has 2 aromatic rings. The number of hydrogen-bond acceptors (Lipinski definition) is 7.